The molecule has 1 atom stereocenters. The van der Waals surface area contributed by atoms with Gasteiger partial charge in [0.05, 0.1) is 17.1 Å². The number of aryl methyl sites for hydroxylation is 1. The molecule has 1 aliphatic rings. The van der Waals surface area contributed by atoms with E-state index in [1.807, 2.05) is 12.1 Å². The molecule has 0 saturated heterocycles. The Balaban J connectivity index is 1.81. The minimum atomic E-state index is 0.230. The molecule has 3 nitrogen and oxygen atoms in total. The van der Waals surface area contributed by atoms with Crippen molar-refractivity contribution >= 4 is 28.3 Å². The highest BCUT2D eigenvalue weighted by atomic mass is 35.5. The van der Waals surface area contributed by atoms with Crippen LogP contribution in [0.5, 0.6) is 0 Å². The van der Waals surface area contributed by atoms with Gasteiger partial charge in [0.1, 0.15) is 5.82 Å². The van der Waals surface area contributed by atoms with Gasteiger partial charge in [-0.3, -0.25) is 0 Å². The number of nitrogens with one attached hydrogen (secondary N) is 1. The van der Waals surface area contributed by atoms with Crippen LogP contribution >= 0.6 is 11.6 Å². The Hall–Kier alpha value is -2.00. The number of halogens is 1. The number of hydrogen-bond acceptors (Lipinski definition) is 2. The van der Waals surface area contributed by atoms with Gasteiger partial charge in [-0.15, -0.1) is 0 Å². The normalized spacial score (nSPS) is 17.0. The molecule has 106 valence electrons. The van der Waals surface area contributed by atoms with E-state index in [9.17, 15) is 0 Å². The van der Waals surface area contributed by atoms with E-state index in [1.54, 1.807) is 0 Å². The lowest BCUT2D eigenvalue weighted by atomic mass is 10.1. The SMILES string of the molecule is CCn1c(C2Cc3ccccc3N2)nc2cc(Cl)ccc21. The van der Waals surface area contributed by atoms with Crippen molar-refractivity contribution in [1.29, 1.82) is 0 Å². The molecule has 0 bridgehead atoms. The van der Waals surface area contributed by atoms with Crippen LogP contribution in [0.1, 0.15) is 24.4 Å². The zero-order chi connectivity index (χ0) is 14.4. The van der Waals surface area contributed by atoms with E-state index in [-0.39, 0.29) is 6.04 Å². The second kappa shape index (κ2) is 4.78. The summed E-state index contributed by atoms with van der Waals surface area (Å²) < 4.78 is 2.27. The van der Waals surface area contributed by atoms with E-state index in [1.165, 1.54) is 11.3 Å². The maximum Gasteiger partial charge on any atom is 0.132 e. The van der Waals surface area contributed by atoms with E-state index in [0.29, 0.717) is 0 Å². The molecule has 4 heteroatoms. The zero-order valence-corrected chi connectivity index (χ0v) is 12.6. The van der Waals surface area contributed by atoms with Gasteiger partial charge < -0.3 is 9.88 Å². The first-order valence-electron chi connectivity index (χ1n) is 7.26. The predicted octanol–water partition coefficient (Wildman–Crippen LogP) is 4.42. The summed E-state index contributed by atoms with van der Waals surface area (Å²) in [6, 6.07) is 14.6. The Bertz CT molecular complexity index is 797. The van der Waals surface area contributed by atoms with Gasteiger partial charge in [-0.25, -0.2) is 4.98 Å². The maximum atomic E-state index is 6.09. The molecule has 1 N–H and O–H groups in total. The van der Waals surface area contributed by atoms with Crippen molar-refractivity contribution in [2.75, 3.05) is 5.32 Å². The number of imidazole rings is 1. The maximum absolute atomic E-state index is 6.09. The summed E-state index contributed by atoms with van der Waals surface area (Å²) in [5.41, 5.74) is 4.69. The van der Waals surface area contributed by atoms with Crippen molar-refractivity contribution < 1.29 is 0 Å². The fourth-order valence-corrected chi connectivity index (χ4v) is 3.34. The van der Waals surface area contributed by atoms with Crippen molar-refractivity contribution in [3.05, 3.63) is 58.9 Å². The molecule has 1 aliphatic heterocycles. The number of para-hydroxylation sites is 1. The number of benzene rings is 2. The van der Waals surface area contributed by atoms with Gasteiger partial charge in [0.15, 0.2) is 0 Å². The molecule has 0 saturated carbocycles. The summed E-state index contributed by atoms with van der Waals surface area (Å²) >= 11 is 6.09. The molecule has 0 amide bonds. The molecule has 4 rings (SSSR count). The molecule has 0 spiro atoms. The smallest absolute Gasteiger partial charge is 0.132 e. The number of rotatable bonds is 2. The highest BCUT2D eigenvalue weighted by molar-refractivity contribution is 6.31. The van der Waals surface area contributed by atoms with Crippen LogP contribution in [0.15, 0.2) is 42.5 Å². The Morgan fingerprint density at radius 2 is 2.14 bits per heavy atom. The lowest BCUT2D eigenvalue weighted by Gasteiger charge is -2.13. The van der Waals surface area contributed by atoms with Crippen molar-refractivity contribution in [3.63, 3.8) is 0 Å². The first kappa shape index (κ1) is 12.7. The van der Waals surface area contributed by atoms with Gasteiger partial charge in [-0.05, 0) is 36.8 Å². The highest BCUT2D eigenvalue weighted by Gasteiger charge is 2.26. The molecular formula is C17H16ClN3. The molecule has 1 aromatic heterocycles. The van der Waals surface area contributed by atoms with Gasteiger partial charge in [0.2, 0.25) is 0 Å². The van der Waals surface area contributed by atoms with E-state index in [4.69, 9.17) is 16.6 Å². The Morgan fingerprint density at radius 1 is 1.29 bits per heavy atom. The van der Waals surface area contributed by atoms with E-state index in [2.05, 4.69) is 47.1 Å². The fraction of sp³-hybridized carbons (Fsp3) is 0.235. The number of fused-ring (bicyclic) bond motifs is 2. The summed E-state index contributed by atoms with van der Waals surface area (Å²) in [6.45, 7) is 3.06. The highest BCUT2D eigenvalue weighted by Crippen LogP contribution is 2.35. The standard InChI is InChI=1S/C17H16ClN3/c1-2-21-16-8-7-12(18)10-14(16)20-17(21)15-9-11-5-3-4-6-13(11)19-15/h3-8,10,15,19H,2,9H2,1H3. The Labute approximate surface area is 128 Å². The third kappa shape index (κ3) is 2.00. The largest absolute Gasteiger partial charge is 0.375 e. The number of anilines is 1. The second-order valence-electron chi connectivity index (χ2n) is 5.41. The van der Waals surface area contributed by atoms with E-state index >= 15 is 0 Å². The van der Waals surface area contributed by atoms with Crippen molar-refractivity contribution in [2.24, 2.45) is 0 Å². The summed E-state index contributed by atoms with van der Waals surface area (Å²) in [5.74, 6) is 1.09. The van der Waals surface area contributed by atoms with Crippen molar-refractivity contribution in [2.45, 2.75) is 25.9 Å². The van der Waals surface area contributed by atoms with Crippen LogP contribution in [0, 0.1) is 0 Å². The average Bonchev–Trinajstić information content (AvgIpc) is 3.06. The zero-order valence-electron chi connectivity index (χ0n) is 11.8. The molecule has 0 fully saturated rings. The van der Waals surface area contributed by atoms with Gasteiger partial charge in [0, 0.05) is 23.7 Å². The van der Waals surface area contributed by atoms with Crippen molar-refractivity contribution in [3.8, 4) is 0 Å². The molecule has 2 aromatic carbocycles. The van der Waals surface area contributed by atoms with E-state index < -0.39 is 0 Å². The third-order valence-corrected chi connectivity index (χ3v) is 4.37. The predicted molar refractivity (Wildman–Crippen MR) is 86.9 cm³/mol. The number of hydrogen-bond donors (Lipinski definition) is 1. The second-order valence-corrected chi connectivity index (χ2v) is 5.84. The molecule has 1 unspecified atom stereocenters. The molecule has 0 radical (unpaired) electrons. The van der Waals surface area contributed by atoms with Gasteiger partial charge >= 0.3 is 0 Å². The Kier molecular flexibility index (Phi) is 2.89. The Morgan fingerprint density at radius 3 is 2.95 bits per heavy atom. The third-order valence-electron chi connectivity index (χ3n) is 4.14. The summed E-state index contributed by atoms with van der Waals surface area (Å²) in [6.07, 6.45) is 0.979. The first-order valence-corrected chi connectivity index (χ1v) is 7.64. The van der Waals surface area contributed by atoms with Crippen LogP contribution in [0.3, 0.4) is 0 Å². The quantitative estimate of drug-likeness (QED) is 0.759. The van der Waals surface area contributed by atoms with Crippen LogP contribution < -0.4 is 5.32 Å². The van der Waals surface area contributed by atoms with Gasteiger partial charge in [-0.1, -0.05) is 29.8 Å². The van der Waals surface area contributed by atoms with Gasteiger partial charge in [-0.2, -0.15) is 0 Å². The van der Waals surface area contributed by atoms with Crippen LogP contribution in [0.2, 0.25) is 5.02 Å². The van der Waals surface area contributed by atoms with Crippen molar-refractivity contribution in [1.82, 2.24) is 9.55 Å². The molecule has 21 heavy (non-hydrogen) atoms. The van der Waals surface area contributed by atoms with Crippen LogP contribution in [0.25, 0.3) is 11.0 Å². The summed E-state index contributed by atoms with van der Waals surface area (Å²) in [5, 5.41) is 4.32. The first-order chi connectivity index (χ1) is 10.3. The number of aromatic nitrogens is 2. The molecular weight excluding hydrogens is 282 g/mol. The topological polar surface area (TPSA) is 29.9 Å². The monoisotopic (exact) mass is 297 g/mol. The summed E-state index contributed by atoms with van der Waals surface area (Å²) in [7, 11) is 0. The minimum Gasteiger partial charge on any atom is -0.375 e. The fourth-order valence-electron chi connectivity index (χ4n) is 3.17. The lowest BCUT2D eigenvalue weighted by molar-refractivity contribution is 0.656. The average molecular weight is 298 g/mol. The van der Waals surface area contributed by atoms with Crippen LogP contribution in [0.4, 0.5) is 5.69 Å². The van der Waals surface area contributed by atoms with Crippen LogP contribution in [-0.2, 0) is 13.0 Å². The number of nitrogens with zero attached hydrogens (tertiary/aromatic N) is 2. The summed E-state index contributed by atoms with van der Waals surface area (Å²) in [4.78, 5) is 4.83. The minimum absolute atomic E-state index is 0.230. The van der Waals surface area contributed by atoms with E-state index in [0.717, 1.165) is 34.8 Å². The molecule has 3 aromatic rings. The molecule has 0 aliphatic carbocycles. The lowest BCUT2D eigenvalue weighted by Crippen LogP contribution is -2.13. The van der Waals surface area contributed by atoms with Gasteiger partial charge in [0.25, 0.3) is 0 Å². The van der Waals surface area contributed by atoms with Crippen LogP contribution in [-0.4, -0.2) is 9.55 Å². The molecule has 2 heterocycles.